The zero-order chi connectivity index (χ0) is 23.1. The van der Waals surface area contributed by atoms with E-state index in [9.17, 15) is 14.0 Å². The number of rotatable bonds is 4. The Morgan fingerprint density at radius 1 is 1.24 bits per heavy atom. The highest BCUT2D eigenvalue weighted by molar-refractivity contribution is 6.04. The summed E-state index contributed by atoms with van der Waals surface area (Å²) in [6.07, 6.45) is 3.19. The Hall–Kier alpha value is -4.28. The number of hydrogen-bond acceptors (Lipinski definition) is 6. The molecule has 1 aliphatic heterocycles. The van der Waals surface area contributed by atoms with E-state index >= 15 is 0 Å². The topological polar surface area (TPSA) is 118 Å². The van der Waals surface area contributed by atoms with Gasteiger partial charge in [0.05, 0.1) is 12.1 Å². The maximum atomic E-state index is 14.7. The van der Waals surface area contributed by atoms with Gasteiger partial charge in [-0.25, -0.2) is 14.2 Å². The van der Waals surface area contributed by atoms with E-state index in [2.05, 4.69) is 25.8 Å². The number of carbonyl (C=O) groups is 2. The van der Waals surface area contributed by atoms with Gasteiger partial charge in [-0.05, 0) is 31.2 Å². The van der Waals surface area contributed by atoms with Crippen LogP contribution in [-0.2, 0) is 0 Å². The van der Waals surface area contributed by atoms with Crippen LogP contribution in [0.1, 0.15) is 27.9 Å². The standard InChI is InChI=1S/C22H20FN7O3/c1-12-15(23)7-13(19-27-21(33-28-19)14-10-29(11-14)22(32)24-2)8-16(12)26-20(31)17-9-25-18-5-3-4-6-30(17)18/h3-9,14H,10-11H2,1-2H3,(H,24,32)(H,26,31). The van der Waals surface area contributed by atoms with Crippen LogP contribution in [0.2, 0.25) is 0 Å². The molecule has 168 valence electrons. The number of amides is 3. The molecule has 33 heavy (non-hydrogen) atoms. The number of halogens is 1. The largest absolute Gasteiger partial charge is 0.341 e. The minimum Gasteiger partial charge on any atom is -0.341 e. The van der Waals surface area contributed by atoms with Crippen molar-refractivity contribution in [2.45, 2.75) is 12.8 Å². The van der Waals surface area contributed by atoms with E-state index in [1.54, 1.807) is 47.7 Å². The first-order valence-electron chi connectivity index (χ1n) is 10.3. The number of urea groups is 1. The van der Waals surface area contributed by atoms with E-state index < -0.39 is 11.7 Å². The lowest BCUT2D eigenvalue weighted by Gasteiger charge is -2.36. The number of aromatic nitrogens is 4. The number of nitrogens with one attached hydrogen (secondary N) is 2. The van der Waals surface area contributed by atoms with Crippen molar-refractivity contribution in [1.82, 2.24) is 29.7 Å². The highest BCUT2D eigenvalue weighted by Crippen LogP contribution is 2.30. The van der Waals surface area contributed by atoms with Crippen LogP contribution in [-0.4, -0.2) is 56.5 Å². The molecule has 10 nitrogen and oxygen atoms in total. The summed E-state index contributed by atoms with van der Waals surface area (Å²) in [6, 6.07) is 8.13. The van der Waals surface area contributed by atoms with Crippen molar-refractivity contribution in [1.29, 1.82) is 0 Å². The van der Waals surface area contributed by atoms with Crippen molar-refractivity contribution >= 4 is 23.3 Å². The number of anilines is 1. The highest BCUT2D eigenvalue weighted by Gasteiger charge is 2.35. The van der Waals surface area contributed by atoms with E-state index in [1.807, 2.05) is 6.07 Å². The second kappa shape index (κ2) is 8.01. The van der Waals surface area contributed by atoms with E-state index in [1.165, 1.54) is 12.3 Å². The predicted octanol–water partition coefficient (Wildman–Crippen LogP) is 2.82. The highest BCUT2D eigenvalue weighted by atomic mass is 19.1. The summed E-state index contributed by atoms with van der Waals surface area (Å²) in [5, 5.41) is 9.28. The maximum absolute atomic E-state index is 14.7. The fourth-order valence-electron chi connectivity index (χ4n) is 3.70. The zero-order valence-corrected chi connectivity index (χ0v) is 17.9. The number of carbonyl (C=O) groups excluding carboxylic acids is 2. The Morgan fingerprint density at radius 3 is 2.85 bits per heavy atom. The zero-order valence-electron chi connectivity index (χ0n) is 17.9. The van der Waals surface area contributed by atoms with Crippen LogP contribution in [0.25, 0.3) is 17.0 Å². The van der Waals surface area contributed by atoms with Crippen LogP contribution in [0.5, 0.6) is 0 Å². The monoisotopic (exact) mass is 449 g/mol. The van der Waals surface area contributed by atoms with Gasteiger partial charge in [-0.2, -0.15) is 4.98 Å². The maximum Gasteiger partial charge on any atom is 0.317 e. The first-order valence-corrected chi connectivity index (χ1v) is 10.3. The second-order valence-electron chi connectivity index (χ2n) is 7.77. The van der Waals surface area contributed by atoms with Crippen molar-refractivity contribution in [3.63, 3.8) is 0 Å². The van der Waals surface area contributed by atoms with E-state index in [0.717, 1.165) is 0 Å². The molecule has 1 saturated heterocycles. The Labute approximate surface area is 187 Å². The molecule has 0 bridgehead atoms. The van der Waals surface area contributed by atoms with Crippen LogP contribution >= 0.6 is 0 Å². The third-order valence-electron chi connectivity index (χ3n) is 5.67. The van der Waals surface area contributed by atoms with Gasteiger partial charge in [-0.15, -0.1) is 0 Å². The molecule has 3 aromatic heterocycles. The van der Waals surface area contributed by atoms with Gasteiger partial charge >= 0.3 is 6.03 Å². The van der Waals surface area contributed by atoms with E-state index in [0.29, 0.717) is 41.6 Å². The Bertz CT molecular complexity index is 1370. The van der Waals surface area contributed by atoms with Gasteiger partial charge in [-0.3, -0.25) is 9.20 Å². The lowest BCUT2D eigenvalue weighted by molar-refractivity contribution is 0.102. The fraction of sp³-hybridized carbons (Fsp3) is 0.227. The average Bonchev–Trinajstić information content (AvgIpc) is 3.43. The third kappa shape index (κ3) is 3.67. The summed E-state index contributed by atoms with van der Waals surface area (Å²) in [6.45, 7) is 2.50. The van der Waals surface area contributed by atoms with Crippen molar-refractivity contribution in [3.8, 4) is 11.4 Å². The number of pyridine rings is 1. The minimum atomic E-state index is -0.512. The van der Waals surface area contributed by atoms with Gasteiger partial charge in [0.2, 0.25) is 11.7 Å². The summed E-state index contributed by atoms with van der Waals surface area (Å²) < 4.78 is 21.7. The number of benzene rings is 1. The molecule has 1 aromatic carbocycles. The van der Waals surface area contributed by atoms with Crippen LogP contribution in [0.4, 0.5) is 14.9 Å². The van der Waals surface area contributed by atoms with Gasteiger partial charge < -0.3 is 20.1 Å². The quantitative estimate of drug-likeness (QED) is 0.495. The average molecular weight is 449 g/mol. The van der Waals surface area contributed by atoms with Gasteiger partial charge in [0, 0.05) is 43.1 Å². The molecule has 1 fully saturated rings. The number of imidazole rings is 1. The van der Waals surface area contributed by atoms with E-state index in [4.69, 9.17) is 4.52 Å². The summed E-state index contributed by atoms with van der Waals surface area (Å²) in [5.74, 6) is -0.434. The van der Waals surface area contributed by atoms with Gasteiger partial charge in [-0.1, -0.05) is 11.2 Å². The first kappa shape index (κ1) is 20.6. The fourth-order valence-corrected chi connectivity index (χ4v) is 3.70. The van der Waals surface area contributed by atoms with Crippen molar-refractivity contribution < 1.29 is 18.5 Å². The molecule has 0 atom stereocenters. The molecule has 11 heteroatoms. The number of fused-ring (bicyclic) bond motifs is 1. The summed E-state index contributed by atoms with van der Waals surface area (Å²) in [5.41, 5.74) is 1.89. The van der Waals surface area contributed by atoms with Crippen LogP contribution in [0.3, 0.4) is 0 Å². The molecule has 0 saturated carbocycles. The van der Waals surface area contributed by atoms with Crippen LogP contribution in [0.15, 0.2) is 47.2 Å². The molecular weight excluding hydrogens is 429 g/mol. The molecule has 5 rings (SSSR count). The molecule has 2 N–H and O–H groups in total. The van der Waals surface area contributed by atoms with Crippen LogP contribution < -0.4 is 10.6 Å². The Kier molecular flexibility index (Phi) is 5.00. The van der Waals surface area contributed by atoms with Gasteiger partial charge in [0.1, 0.15) is 17.2 Å². The van der Waals surface area contributed by atoms with Gasteiger partial charge in [0.15, 0.2) is 0 Å². The number of hydrogen-bond donors (Lipinski definition) is 2. The Morgan fingerprint density at radius 2 is 2.06 bits per heavy atom. The molecule has 0 spiro atoms. The van der Waals surface area contributed by atoms with Crippen LogP contribution in [0, 0.1) is 12.7 Å². The molecule has 0 radical (unpaired) electrons. The van der Waals surface area contributed by atoms with Crippen molar-refractivity contribution in [2.24, 2.45) is 0 Å². The second-order valence-corrected chi connectivity index (χ2v) is 7.77. The summed E-state index contributed by atoms with van der Waals surface area (Å²) in [4.78, 5) is 34.7. The summed E-state index contributed by atoms with van der Waals surface area (Å²) in [7, 11) is 1.57. The number of nitrogens with zero attached hydrogens (tertiary/aromatic N) is 5. The molecule has 0 unspecified atom stereocenters. The third-order valence-corrected chi connectivity index (χ3v) is 5.67. The predicted molar refractivity (Wildman–Crippen MR) is 116 cm³/mol. The SMILES string of the molecule is CNC(=O)N1CC(c2nc(-c3cc(F)c(C)c(NC(=O)c4cnc5ccccn45)c3)no2)C1. The lowest BCUT2D eigenvalue weighted by atomic mass is 10.0. The number of likely N-dealkylation sites (tertiary alicyclic amines) is 1. The molecule has 4 aromatic rings. The molecule has 3 amide bonds. The Balaban J connectivity index is 1.38. The molecule has 0 aliphatic carbocycles. The first-order chi connectivity index (χ1) is 15.9. The smallest absolute Gasteiger partial charge is 0.317 e. The van der Waals surface area contributed by atoms with E-state index in [-0.39, 0.29) is 23.3 Å². The summed E-state index contributed by atoms with van der Waals surface area (Å²) >= 11 is 0. The van der Waals surface area contributed by atoms with Gasteiger partial charge in [0.25, 0.3) is 5.91 Å². The molecule has 1 aliphatic rings. The normalized spacial score (nSPS) is 13.7. The molecular formula is C22H20FN7O3. The molecule has 4 heterocycles. The minimum absolute atomic E-state index is 0.0758. The van der Waals surface area contributed by atoms with Crippen molar-refractivity contribution in [2.75, 3.05) is 25.5 Å². The lowest BCUT2D eigenvalue weighted by Crippen LogP contribution is -2.51. The van der Waals surface area contributed by atoms with Crippen molar-refractivity contribution in [3.05, 3.63) is 65.7 Å².